The molecule has 0 spiro atoms. The zero-order valence-corrected chi connectivity index (χ0v) is 20.1. The first-order valence-corrected chi connectivity index (χ1v) is 13.4. The van der Waals surface area contributed by atoms with Gasteiger partial charge < -0.3 is 15.8 Å². The van der Waals surface area contributed by atoms with Crippen molar-refractivity contribution in [2.24, 2.45) is 5.73 Å². The number of amidine groups is 1. The predicted octanol–water partition coefficient (Wildman–Crippen LogP) is 3.71. The zero-order valence-electron chi connectivity index (χ0n) is 19.3. The number of ether oxygens (including phenoxy) is 1. The quantitative estimate of drug-likeness (QED) is 0.370. The Bertz CT molecular complexity index is 1350. The van der Waals surface area contributed by atoms with Gasteiger partial charge in [-0.05, 0) is 85.1 Å². The van der Waals surface area contributed by atoms with Gasteiger partial charge in [0.25, 0.3) is 0 Å². The number of nitrogens with two attached hydrogens (primary N) is 1. The van der Waals surface area contributed by atoms with Crippen molar-refractivity contribution in [1.82, 2.24) is 5.32 Å². The second kappa shape index (κ2) is 8.92. The van der Waals surface area contributed by atoms with Crippen LogP contribution in [0.1, 0.15) is 42.5 Å². The van der Waals surface area contributed by atoms with E-state index in [9.17, 15) is 8.42 Å². The molecule has 0 radical (unpaired) electrons. The number of nitrogens with one attached hydrogen (secondary N) is 2. The van der Waals surface area contributed by atoms with E-state index in [0.717, 1.165) is 59.3 Å². The third-order valence-corrected chi connectivity index (χ3v) is 8.58. The maximum atomic E-state index is 13.2. The van der Waals surface area contributed by atoms with Crippen LogP contribution in [-0.2, 0) is 16.4 Å². The topological polar surface area (TPSA) is 109 Å². The molecule has 0 saturated carbocycles. The van der Waals surface area contributed by atoms with E-state index in [1.165, 1.54) is 0 Å². The Kier molecular flexibility index (Phi) is 5.95. The van der Waals surface area contributed by atoms with Gasteiger partial charge >= 0.3 is 0 Å². The highest BCUT2D eigenvalue weighted by atomic mass is 32.2. The monoisotopic (exact) mass is 478 g/mol. The van der Waals surface area contributed by atoms with Crippen molar-refractivity contribution in [1.29, 1.82) is 5.41 Å². The van der Waals surface area contributed by atoms with Crippen molar-refractivity contribution in [2.75, 3.05) is 23.1 Å². The van der Waals surface area contributed by atoms with Crippen LogP contribution >= 0.6 is 0 Å². The normalized spacial score (nSPS) is 18.7. The molecule has 0 aromatic heterocycles. The van der Waals surface area contributed by atoms with Crippen molar-refractivity contribution < 1.29 is 13.2 Å². The van der Waals surface area contributed by atoms with Crippen LogP contribution in [0.5, 0.6) is 5.75 Å². The highest BCUT2D eigenvalue weighted by Crippen LogP contribution is 2.44. The maximum Gasteiger partial charge on any atom is 0.235 e. The molecule has 0 unspecified atom stereocenters. The van der Waals surface area contributed by atoms with Gasteiger partial charge in [0.2, 0.25) is 10.0 Å². The molecule has 34 heavy (non-hydrogen) atoms. The summed E-state index contributed by atoms with van der Waals surface area (Å²) in [6.45, 7) is 3.58. The average Bonchev–Trinajstić information content (AvgIpc) is 3.23. The minimum Gasteiger partial charge on any atom is -0.490 e. The van der Waals surface area contributed by atoms with Gasteiger partial charge in [-0.15, -0.1) is 0 Å². The van der Waals surface area contributed by atoms with Gasteiger partial charge in [0.05, 0.1) is 17.5 Å². The number of hydrogen-bond donors (Lipinski definition) is 3. The summed E-state index contributed by atoms with van der Waals surface area (Å²) in [5.41, 5.74) is 8.95. The fourth-order valence-electron chi connectivity index (χ4n) is 4.95. The number of piperidine rings is 1. The molecule has 1 fully saturated rings. The lowest BCUT2D eigenvalue weighted by atomic mass is 9.98. The second-order valence-corrected chi connectivity index (χ2v) is 11.1. The van der Waals surface area contributed by atoms with E-state index in [0.29, 0.717) is 12.0 Å². The van der Waals surface area contributed by atoms with Gasteiger partial charge in [-0.25, -0.2) is 8.42 Å². The predicted molar refractivity (Wildman–Crippen MR) is 136 cm³/mol. The number of anilines is 1. The van der Waals surface area contributed by atoms with Crippen molar-refractivity contribution in [2.45, 2.75) is 38.3 Å². The Morgan fingerprint density at radius 2 is 1.85 bits per heavy atom. The Labute approximate surface area is 200 Å². The standard InChI is InChI=1S/C26H30N4O3S/c1-2-34(31,32)30-24-8-7-23(33-22-9-11-29-12-10-22)15-21(24)16-25(30)18-5-3-17-4-6-19(26(27)28)14-20(17)13-18/h3-8,13-15,22,25,29H,2,9-12,16H2,1H3,(H3,27,28)/t25-/m0/s1. The highest BCUT2D eigenvalue weighted by molar-refractivity contribution is 7.92. The number of fused-ring (bicyclic) bond motifs is 2. The largest absolute Gasteiger partial charge is 0.490 e. The van der Waals surface area contributed by atoms with Crippen LogP contribution in [0.3, 0.4) is 0 Å². The number of nitrogen functional groups attached to an aromatic ring is 1. The summed E-state index contributed by atoms with van der Waals surface area (Å²) in [5.74, 6) is 0.833. The molecular weight excluding hydrogens is 448 g/mol. The fraction of sp³-hybridized carbons (Fsp3) is 0.346. The SMILES string of the molecule is CCS(=O)(=O)N1c2ccc(OC3CCNCC3)cc2C[C@H]1c1ccc2ccc(C(=N)N)cc2c1. The van der Waals surface area contributed by atoms with Crippen LogP contribution in [0.25, 0.3) is 10.8 Å². The number of nitrogens with zero attached hydrogens (tertiary/aromatic N) is 1. The summed E-state index contributed by atoms with van der Waals surface area (Å²) in [4.78, 5) is 0. The van der Waals surface area contributed by atoms with Crippen LogP contribution < -0.4 is 20.1 Å². The maximum absolute atomic E-state index is 13.2. The van der Waals surface area contributed by atoms with E-state index in [-0.39, 0.29) is 23.7 Å². The second-order valence-electron chi connectivity index (χ2n) is 9.01. The van der Waals surface area contributed by atoms with Crippen molar-refractivity contribution in [3.8, 4) is 5.75 Å². The van der Waals surface area contributed by atoms with Crippen LogP contribution in [0.2, 0.25) is 0 Å². The third kappa shape index (κ3) is 4.23. The molecule has 2 aliphatic heterocycles. The van der Waals surface area contributed by atoms with E-state index in [1.807, 2.05) is 54.6 Å². The minimum atomic E-state index is -3.49. The molecule has 3 aromatic carbocycles. The lowest BCUT2D eigenvalue weighted by molar-refractivity contribution is 0.162. The van der Waals surface area contributed by atoms with Crippen molar-refractivity contribution in [3.05, 3.63) is 71.3 Å². The number of hydrogen-bond acceptors (Lipinski definition) is 5. The Hall–Kier alpha value is -3.10. The van der Waals surface area contributed by atoms with E-state index >= 15 is 0 Å². The Morgan fingerprint density at radius 3 is 2.59 bits per heavy atom. The molecule has 7 nitrogen and oxygen atoms in total. The summed E-state index contributed by atoms with van der Waals surface area (Å²) >= 11 is 0. The molecule has 1 saturated heterocycles. The molecule has 2 aliphatic rings. The molecular formula is C26H30N4O3S. The number of sulfonamides is 1. The summed E-state index contributed by atoms with van der Waals surface area (Å²) in [6, 6.07) is 17.1. The minimum absolute atomic E-state index is 0.0111. The van der Waals surface area contributed by atoms with E-state index in [1.54, 1.807) is 11.2 Å². The number of rotatable bonds is 6. The van der Waals surface area contributed by atoms with Crippen LogP contribution in [0.15, 0.2) is 54.6 Å². The van der Waals surface area contributed by atoms with Gasteiger partial charge in [0.15, 0.2) is 0 Å². The zero-order chi connectivity index (χ0) is 23.9. The summed E-state index contributed by atoms with van der Waals surface area (Å²) in [7, 11) is -3.49. The van der Waals surface area contributed by atoms with Gasteiger partial charge in [-0.3, -0.25) is 9.71 Å². The first-order valence-electron chi connectivity index (χ1n) is 11.8. The van der Waals surface area contributed by atoms with Crippen LogP contribution in [0, 0.1) is 5.41 Å². The fourth-order valence-corrected chi connectivity index (χ4v) is 6.29. The van der Waals surface area contributed by atoms with Crippen molar-refractivity contribution in [3.63, 3.8) is 0 Å². The molecule has 2 heterocycles. The lowest BCUT2D eigenvalue weighted by Crippen LogP contribution is -2.34. The molecule has 3 aromatic rings. The number of benzene rings is 3. The Morgan fingerprint density at radius 1 is 1.09 bits per heavy atom. The molecule has 5 rings (SSSR count). The first-order chi connectivity index (χ1) is 16.4. The van der Waals surface area contributed by atoms with Crippen LogP contribution in [0.4, 0.5) is 5.69 Å². The molecule has 4 N–H and O–H groups in total. The molecule has 0 amide bonds. The molecule has 8 heteroatoms. The lowest BCUT2D eigenvalue weighted by Gasteiger charge is -2.27. The first kappa shape index (κ1) is 22.7. The molecule has 178 valence electrons. The average molecular weight is 479 g/mol. The van der Waals surface area contributed by atoms with Gasteiger partial charge in [0, 0.05) is 12.0 Å². The van der Waals surface area contributed by atoms with E-state index in [2.05, 4.69) is 5.32 Å². The molecule has 1 atom stereocenters. The van der Waals surface area contributed by atoms with E-state index < -0.39 is 10.0 Å². The van der Waals surface area contributed by atoms with Crippen molar-refractivity contribution >= 4 is 32.3 Å². The third-order valence-electron chi connectivity index (χ3n) is 6.80. The van der Waals surface area contributed by atoms with Gasteiger partial charge in [-0.2, -0.15) is 0 Å². The summed E-state index contributed by atoms with van der Waals surface area (Å²) in [5, 5.41) is 13.0. The molecule has 0 aliphatic carbocycles. The Balaban J connectivity index is 1.52. The smallest absolute Gasteiger partial charge is 0.235 e. The van der Waals surface area contributed by atoms with E-state index in [4.69, 9.17) is 15.9 Å². The van der Waals surface area contributed by atoms with Gasteiger partial charge in [0.1, 0.15) is 17.7 Å². The summed E-state index contributed by atoms with van der Waals surface area (Å²) in [6.07, 6.45) is 2.70. The summed E-state index contributed by atoms with van der Waals surface area (Å²) < 4.78 is 34.2. The van der Waals surface area contributed by atoms with Gasteiger partial charge in [-0.1, -0.05) is 24.3 Å². The molecule has 0 bridgehead atoms. The van der Waals surface area contributed by atoms with Crippen LogP contribution in [-0.4, -0.2) is 39.2 Å². The highest BCUT2D eigenvalue weighted by Gasteiger charge is 2.38.